The fraction of sp³-hybridized carbons (Fsp3) is 0.458. The molecule has 0 saturated carbocycles. The number of rotatable bonds is 13. The van der Waals surface area contributed by atoms with Gasteiger partial charge in [-0.15, -0.1) is 0 Å². The van der Waals surface area contributed by atoms with Crippen molar-refractivity contribution in [2.24, 2.45) is 0 Å². The molecule has 4 amide bonds. The lowest BCUT2D eigenvalue weighted by Crippen LogP contribution is -2.49. The Labute approximate surface area is 198 Å². The Morgan fingerprint density at radius 3 is 2.24 bits per heavy atom. The highest BCUT2D eigenvalue weighted by Crippen LogP contribution is 2.07. The first kappa shape index (κ1) is 26.7. The SMILES string of the molecule is CC(NC(=O)[C@H](C)NC(=O)CCCCC(=O)NCCN1C(=O)C=CC1O)C(=O)c1ccccc1. The number of unbranched alkanes of at least 4 members (excludes halogenated alkanes) is 1. The lowest BCUT2D eigenvalue weighted by Gasteiger charge is -2.20. The van der Waals surface area contributed by atoms with E-state index in [1.54, 1.807) is 37.3 Å². The van der Waals surface area contributed by atoms with Crippen molar-refractivity contribution >= 4 is 29.4 Å². The molecule has 0 saturated heterocycles. The lowest BCUT2D eigenvalue weighted by molar-refractivity contribution is -0.131. The largest absolute Gasteiger partial charge is 0.370 e. The van der Waals surface area contributed by atoms with E-state index in [-0.39, 0.29) is 49.4 Å². The first-order chi connectivity index (χ1) is 16.2. The van der Waals surface area contributed by atoms with Crippen LogP contribution in [0.2, 0.25) is 0 Å². The summed E-state index contributed by atoms with van der Waals surface area (Å²) in [6.45, 7) is 3.56. The topological polar surface area (TPSA) is 145 Å². The van der Waals surface area contributed by atoms with Gasteiger partial charge in [0.2, 0.25) is 23.6 Å². The number of aliphatic hydroxyl groups is 1. The number of amides is 4. The second-order valence-electron chi connectivity index (χ2n) is 8.11. The lowest BCUT2D eigenvalue weighted by atomic mass is 10.1. The maximum Gasteiger partial charge on any atom is 0.248 e. The predicted octanol–water partition coefficient (Wildman–Crippen LogP) is 0.272. The second kappa shape index (κ2) is 13.2. The van der Waals surface area contributed by atoms with Gasteiger partial charge in [-0.25, -0.2) is 0 Å². The molecule has 0 aromatic heterocycles. The molecule has 0 radical (unpaired) electrons. The molecule has 1 aromatic rings. The molecule has 0 fully saturated rings. The van der Waals surface area contributed by atoms with Crippen molar-refractivity contribution in [3.05, 3.63) is 48.0 Å². The number of carbonyl (C=O) groups excluding carboxylic acids is 5. The number of hydrogen-bond acceptors (Lipinski definition) is 6. The fourth-order valence-corrected chi connectivity index (χ4v) is 3.35. The molecule has 0 spiro atoms. The minimum absolute atomic E-state index is 0.156. The van der Waals surface area contributed by atoms with E-state index in [4.69, 9.17) is 0 Å². The van der Waals surface area contributed by atoms with Gasteiger partial charge in [0.15, 0.2) is 5.78 Å². The summed E-state index contributed by atoms with van der Waals surface area (Å²) in [6.07, 6.45) is 3.02. The van der Waals surface area contributed by atoms with Gasteiger partial charge in [-0.2, -0.15) is 0 Å². The van der Waals surface area contributed by atoms with E-state index >= 15 is 0 Å². The zero-order valence-electron chi connectivity index (χ0n) is 19.5. The number of nitrogens with one attached hydrogen (secondary N) is 3. The predicted molar refractivity (Wildman–Crippen MR) is 124 cm³/mol. The van der Waals surface area contributed by atoms with Gasteiger partial charge >= 0.3 is 0 Å². The zero-order valence-corrected chi connectivity index (χ0v) is 19.5. The summed E-state index contributed by atoms with van der Waals surface area (Å²) in [5.41, 5.74) is 0.496. The van der Waals surface area contributed by atoms with E-state index < -0.39 is 24.2 Å². The normalized spacial score (nSPS) is 16.6. The molecule has 2 rings (SSSR count). The average molecular weight is 473 g/mol. The molecule has 1 aliphatic heterocycles. The summed E-state index contributed by atoms with van der Waals surface area (Å²) in [4.78, 5) is 61.4. The standard InChI is InChI=1S/C24H32N4O6/c1-16(23(33)18-8-4-3-5-9-18)27-24(34)17(2)26-20(30)11-7-6-10-19(29)25-14-15-28-21(31)12-13-22(28)32/h3-5,8-9,12-13,16-17,21,31H,6-7,10-11,14-15H2,1-2H3,(H,25,29)(H,26,30)(H,27,34)/t16?,17-,21?/m0/s1. The number of nitrogens with zero attached hydrogens (tertiary/aromatic N) is 1. The van der Waals surface area contributed by atoms with Crippen molar-refractivity contribution in [1.82, 2.24) is 20.9 Å². The van der Waals surface area contributed by atoms with Crippen LogP contribution in [0.5, 0.6) is 0 Å². The maximum atomic E-state index is 12.3. The van der Waals surface area contributed by atoms with Crippen molar-refractivity contribution in [1.29, 1.82) is 0 Å². The van der Waals surface area contributed by atoms with Crippen LogP contribution in [0.1, 0.15) is 49.9 Å². The molecular formula is C24H32N4O6. The maximum absolute atomic E-state index is 12.3. The third-order valence-electron chi connectivity index (χ3n) is 5.33. The molecule has 2 unspecified atom stereocenters. The van der Waals surface area contributed by atoms with Crippen LogP contribution in [0.25, 0.3) is 0 Å². The Hall–Kier alpha value is -3.53. The van der Waals surface area contributed by atoms with Gasteiger partial charge < -0.3 is 26.0 Å². The molecule has 184 valence electrons. The van der Waals surface area contributed by atoms with Gasteiger partial charge in [0.25, 0.3) is 0 Å². The van der Waals surface area contributed by atoms with Crippen molar-refractivity contribution < 1.29 is 29.1 Å². The van der Waals surface area contributed by atoms with Gasteiger partial charge in [-0.05, 0) is 32.8 Å². The van der Waals surface area contributed by atoms with Gasteiger partial charge in [0.1, 0.15) is 12.3 Å². The Balaban J connectivity index is 1.58. The van der Waals surface area contributed by atoms with E-state index in [1.165, 1.54) is 24.0 Å². The Bertz CT molecular complexity index is 917. The van der Waals surface area contributed by atoms with Gasteiger partial charge in [0.05, 0.1) is 6.04 Å². The van der Waals surface area contributed by atoms with E-state index in [2.05, 4.69) is 16.0 Å². The third kappa shape index (κ3) is 8.43. The molecule has 1 aromatic carbocycles. The highest BCUT2D eigenvalue weighted by Gasteiger charge is 2.23. The molecule has 10 heteroatoms. The van der Waals surface area contributed by atoms with E-state index in [0.717, 1.165) is 0 Å². The van der Waals surface area contributed by atoms with Crippen LogP contribution >= 0.6 is 0 Å². The number of Topliss-reactive ketones (excluding diaryl/α,β-unsaturated/α-hetero) is 1. The summed E-state index contributed by atoms with van der Waals surface area (Å²) < 4.78 is 0. The smallest absolute Gasteiger partial charge is 0.248 e. The average Bonchev–Trinajstić information content (AvgIpc) is 3.14. The number of carbonyl (C=O) groups is 5. The third-order valence-corrected chi connectivity index (χ3v) is 5.33. The molecular weight excluding hydrogens is 440 g/mol. The Morgan fingerprint density at radius 2 is 1.62 bits per heavy atom. The summed E-state index contributed by atoms with van der Waals surface area (Å²) in [5, 5.41) is 17.5. The highest BCUT2D eigenvalue weighted by molar-refractivity contribution is 6.02. The first-order valence-corrected chi connectivity index (χ1v) is 11.3. The number of hydrogen-bond donors (Lipinski definition) is 4. The number of ketones is 1. The molecule has 1 aliphatic rings. The van der Waals surface area contributed by atoms with E-state index in [1.807, 2.05) is 0 Å². The van der Waals surface area contributed by atoms with Crippen LogP contribution in [-0.2, 0) is 19.2 Å². The Morgan fingerprint density at radius 1 is 0.971 bits per heavy atom. The molecule has 4 N–H and O–H groups in total. The second-order valence-corrected chi connectivity index (χ2v) is 8.11. The first-order valence-electron chi connectivity index (χ1n) is 11.3. The van der Waals surface area contributed by atoms with Crippen LogP contribution in [0.4, 0.5) is 0 Å². The van der Waals surface area contributed by atoms with Crippen LogP contribution in [0, 0.1) is 0 Å². The monoisotopic (exact) mass is 472 g/mol. The molecule has 1 heterocycles. The Kier molecular flexibility index (Phi) is 10.4. The van der Waals surface area contributed by atoms with Gasteiger partial charge in [0, 0.05) is 37.6 Å². The number of aliphatic hydroxyl groups excluding tert-OH is 1. The van der Waals surface area contributed by atoms with Gasteiger partial charge in [-0.1, -0.05) is 30.3 Å². The summed E-state index contributed by atoms with van der Waals surface area (Å²) in [7, 11) is 0. The van der Waals surface area contributed by atoms with Crippen LogP contribution in [0.3, 0.4) is 0 Å². The minimum atomic E-state index is -0.958. The molecule has 0 aliphatic carbocycles. The van der Waals surface area contributed by atoms with Crippen LogP contribution < -0.4 is 16.0 Å². The molecule has 34 heavy (non-hydrogen) atoms. The summed E-state index contributed by atoms with van der Waals surface area (Å²) in [6, 6.07) is 7.10. The zero-order chi connectivity index (χ0) is 25.1. The van der Waals surface area contributed by atoms with E-state index in [0.29, 0.717) is 18.4 Å². The minimum Gasteiger partial charge on any atom is -0.370 e. The number of benzene rings is 1. The highest BCUT2D eigenvalue weighted by atomic mass is 16.3. The van der Waals surface area contributed by atoms with Crippen molar-refractivity contribution in [2.45, 2.75) is 57.8 Å². The van der Waals surface area contributed by atoms with Crippen LogP contribution in [0.15, 0.2) is 42.5 Å². The van der Waals surface area contributed by atoms with Crippen molar-refractivity contribution in [2.75, 3.05) is 13.1 Å². The fourth-order valence-electron chi connectivity index (χ4n) is 3.35. The molecule has 10 nitrogen and oxygen atoms in total. The van der Waals surface area contributed by atoms with Crippen LogP contribution in [-0.4, -0.2) is 70.8 Å². The van der Waals surface area contributed by atoms with Crippen molar-refractivity contribution in [3.8, 4) is 0 Å². The molecule has 3 atom stereocenters. The van der Waals surface area contributed by atoms with Gasteiger partial charge in [-0.3, -0.25) is 24.0 Å². The van der Waals surface area contributed by atoms with E-state index in [9.17, 15) is 29.1 Å². The summed E-state index contributed by atoms with van der Waals surface area (Å²) in [5.74, 6) is -1.50. The quantitative estimate of drug-likeness (QED) is 0.240. The van der Waals surface area contributed by atoms with Crippen molar-refractivity contribution in [3.63, 3.8) is 0 Å². The molecule has 0 bridgehead atoms. The summed E-state index contributed by atoms with van der Waals surface area (Å²) >= 11 is 0.